The van der Waals surface area contributed by atoms with Gasteiger partial charge in [-0.15, -0.1) is 0 Å². The molecule has 3 heteroatoms. The summed E-state index contributed by atoms with van der Waals surface area (Å²) in [5.74, 6) is 0. The second-order valence-corrected chi connectivity index (χ2v) is 3.22. The molecule has 1 aliphatic rings. The average Bonchev–Trinajstić information content (AvgIpc) is 2.16. The third-order valence-electron chi connectivity index (χ3n) is 2.14. The quantitative estimate of drug-likeness (QED) is 0.599. The predicted molar refractivity (Wildman–Crippen MR) is 50.4 cm³/mol. The molecule has 0 bridgehead atoms. The number of nitrogens with zero attached hydrogens (tertiary/aromatic N) is 2. The molecular weight excluding hydrogens is 152 g/mol. The van der Waals surface area contributed by atoms with Crippen molar-refractivity contribution in [3.63, 3.8) is 0 Å². The molecular formula is C9H18N2O. The number of piperidine rings is 1. The van der Waals surface area contributed by atoms with Crippen molar-refractivity contribution in [2.45, 2.75) is 32.3 Å². The van der Waals surface area contributed by atoms with E-state index < -0.39 is 0 Å². The van der Waals surface area contributed by atoms with Crippen molar-refractivity contribution in [2.75, 3.05) is 20.2 Å². The average molecular weight is 170 g/mol. The van der Waals surface area contributed by atoms with Gasteiger partial charge in [-0.25, -0.2) is 0 Å². The Morgan fingerprint density at radius 2 is 2.00 bits per heavy atom. The van der Waals surface area contributed by atoms with Gasteiger partial charge in [-0.3, -0.25) is 5.01 Å². The van der Waals surface area contributed by atoms with Crippen molar-refractivity contribution in [2.24, 2.45) is 5.10 Å². The van der Waals surface area contributed by atoms with Crippen molar-refractivity contribution in [1.29, 1.82) is 0 Å². The molecule has 1 rings (SSSR count). The van der Waals surface area contributed by atoms with E-state index in [2.05, 4.69) is 10.1 Å². The number of hydrogen-bond donors (Lipinski definition) is 0. The lowest BCUT2D eigenvalue weighted by Gasteiger charge is -2.23. The summed E-state index contributed by atoms with van der Waals surface area (Å²) in [6.07, 6.45) is 5.90. The first-order valence-electron chi connectivity index (χ1n) is 4.65. The maximum atomic E-state index is 5.07. The maximum Gasteiger partial charge on any atom is 0.0911 e. The Labute approximate surface area is 74.4 Å². The Hall–Kier alpha value is -0.570. The van der Waals surface area contributed by atoms with Crippen LogP contribution in [0.5, 0.6) is 0 Å². The lowest BCUT2D eigenvalue weighted by Crippen LogP contribution is -2.25. The van der Waals surface area contributed by atoms with Gasteiger partial charge >= 0.3 is 0 Å². The Morgan fingerprint density at radius 3 is 2.58 bits per heavy atom. The Morgan fingerprint density at radius 1 is 1.33 bits per heavy atom. The third-order valence-corrected chi connectivity index (χ3v) is 2.14. The van der Waals surface area contributed by atoms with Crippen LogP contribution >= 0.6 is 0 Å². The highest BCUT2D eigenvalue weighted by molar-refractivity contribution is 5.61. The molecule has 0 aliphatic carbocycles. The van der Waals surface area contributed by atoms with E-state index in [1.165, 1.54) is 19.3 Å². The molecule has 1 aliphatic heterocycles. The monoisotopic (exact) mass is 170 g/mol. The summed E-state index contributed by atoms with van der Waals surface area (Å²) in [5, 5.41) is 6.46. The van der Waals surface area contributed by atoms with E-state index in [4.69, 9.17) is 4.74 Å². The highest BCUT2D eigenvalue weighted by atomic mass is 16.5. The first-order valence-corrected chi connectivity index (χ1v) is 4.65. The smallest absolute Gasteiger partial charge is 0.0911 e. The Kier molecular flexibility index (Phi) is 4.08. The van der Waals surface area contributed by atoms with Crippen LogP contribution in [0, 0.1) is 0 Å². The van der Waals surface area contributed by atoms with E-state index >= 15 is 0 Å². The van der Waals surface area contributed by atoms with Crippen molar-refractivity contribution >= 4 is 6.21 Å². The fraction of sp³-hybridized carbons (Fsp3) is 0.889. The molecule has 0 aromatic rings. The van der Waals surface area contributed by atoms with E-state index in [0.717, 1.165) is 13.1 Å². The summed E-state index contributed by atoms with van der Waals surface area (Å²) in [7, 11) is 1.70. The molecule has 70 valence electrons. The molecule has 0 N–H and O–H groups in total. The van der Waals surface area contributed by atoms with Crippen LogP contribution in [0.2, 0.25) is 0 Å². The molecule has 0 spiro atoms. The van der Waals surface area contributed by atoms with E-state index in [0.29, 0.717) is 0 Å². The molecule has 1 fully saturated rings. The van der Waals surface area contributed by atoms with Gasteiger partial charge in [0.2, 0.25) is 0 Å². The fourth-order valence-corrected chi connectivity index (χ4v) is 1.24. The number of methoxy groups -OCH3 is 1. The highest BCUT2D eigenvalue weighted by Crippen LogP contribution is 2.08. The largest absolute Gasteiger partial charge is 0.376 e. The molecule has 1 unspecified atom stereocenters. The van der Waals surface area contributed by atoms with Crippen LogP contribution in [0.25, 0.3) is 0 Å². The molecule has 1 atom stereocenters. The van der Waals surface area contributed by atoms with Crippen LogP contribution in [0.4, 0.5) is 0 Å². The maximum absolute atomic E-state index is 5.07. The lowest BCUT2D eigenvalue weighted by molar-refractivity contribution is 0.169. The summed E-state index contributed by atoms with van der Waals surface area (Å²) in [6.45, 7) is 4.20. The lowest BCUT2D eigenvalue weighted by atomic mass is 10.2. The van der Waals surface area contributed by atoms with Gasteiger partial charge in [0.05, 0.1) is 12.3 Å². The van der Waals surface area contributed by atoms with Gasteiger partial charge in [0, 0.05) is 20.2 Å². The zero-order valence-electron chi connectivity index (χ0n) is 7.99. The number of hydrogen-bond acceptors (Lipinski definition) is 3. The molecule has 12 heavy (non-hydrogen) atoms. The van der Waals surface area contributed by atoms with Crippen LogP contribution in [-0.4, -0.2) is 37.5 Å². The van der Waals surface area contributed by atoms with Crippen LogP contribution in [0.3, 0.4) is 0 Å². The zero-order valence-corrected chi connectivity index (χ0v) is 7.99. The van der Waals surface area contributed by atoms with Gasteiger partial charge in [-0.1, -0.05) is 0 Å². The summed E-state index contributed by atoms with van der Waals surface area (Å²) in [5.41, 5.74) is 0. The molecule has 1 saturated heterocycles. The standard InChI is InChI=1S/C9H18N2O/c1-9(12-2)8-10-11-6-4-3-5-7-11/h8-9H,3-7H2,1-2H3/b10-8+. The predicted octanol–water partition coefficient (Wildman–Crippen LogP) is 1.49. The van der Waals surface area contributed by atoms with Crippen molar-refractivity contribution < 1.29 is 4.74 Å². The second kappa shape index (κ2) is 5.14. The third kappa shape index (κ3) is 3.22. The van der Waals surface area contributed by atoms with E-state index in [1.807, 2.05) is 13.1 Å². The van der Waals surface area contributed by atoms with Gasteiger partial charge in [-0.05, 0) is 26.2 Å². The molecule has 1 heterocycles. The molecule has 0 aromatic carbocycles. The van der Waals surface area contributed by atoms with Crippen LogP contribution < -0.4 is 0 Å². The van der Waals surface area contributed by atoms with Gasteiger partial charge in [0.1, 0.15) is 0 Å². The first-order chi connectivity index (χ1) is 5.83. The van der Waals surface area contributed by atoms with Gasteiger partial charge in [0.15, 0.2) is 0 Å². The molecule has 0 amide bonds. The van der Waals surface area contributed by atoms with Crippen LogP contribution in [-0.2, 0) is 4.74 Å². The van der Waals surface area contributed by atoms with E-state index in [1.54, 1.807) is 7.11 Å². The number of rotatable bonds is 3. The minimum absolute atomic E-state index is 0.131. The van der Waals surface area contributed by atoms with Crippen LogP contribution in [0.15, 0.2) is 5.10 Å². The first kappa shape index (κ1) is 9.52. The summed E-state index contributed by atoms with van der Waals surface area (Å²) < 4.78 is 5.07. The Balaban J connectivity index is 2.23. The number of ether oxygens (including phenoxy) is 1. The topological polar surface area (TPSA) is 24.8 Å². The van der Waals surface area contributed by atoms with Crippen molar-refractivity contribution in [1.82, 2.24) is 5.01 Å². The molecule has 3 nitrogen and oxygen atoms in total. The molecule has 0 radical (unpaired) electrons. The molecule has 0 aromatic heterocycles. The zero-order chi connectivity index (χ0) is 8.81. The van der Waals surface area contributed by atoms with Gasteiger partial charge in [0.25, 0.3) is 0 Å². The van der Waals surface area contributed by atoms with Crippen LogP contribution in [0.1, 0.15) is 26.2 Å². The minimum atomic E-state index is 0.131. The normalized spacial score (nSPS) is 21.7. The highest BCUT2D eigenvalue weighted by Gasteiger charge is 2.06. The summed E-state index contributed by atoms with van der Waals surface area (Å²) in [6, 6.07) is 0. The van der Waals surface area contributed by atoms with E-state index in [-0.39, 0.29) is 6.10 Å². The fourth-order valence-electron chi connectivity index (χ4n) is 1.24. The summed E-state index contributed by atoms with van der Waals surface area (Å²) in [4.78, 5) is 0. The van der Waals surface area contributed by atoms with Crippen molar-refractivity contribution in [3.05, 3.63) is 0 Å². The molecule has 0 saturated carbocycles. The van der Waals surface area contributed by atoms with Gasteiger partial charge < -0.3 is 4.74 Å². The summed E-state index contributed by atoms with van der Waals surface area (Å²) >= 11 is 0. The number of hydrazone groups is 1. The minimum Gasteiger partial charge on any atom is -0.376 e. The SMILES string of the molecule is COC(C)/C=N/N1CCCCC1. The van der Waals surface area contributed by atoms with E-state index in [9.17, 15) is 0 Å². The second-order valence-electron chi connectivity index (χ2n) is 3.22. The van der Waals surface area contributed by atoms with Crippen molar-refractivity contribution in [3.8, 4) is 0 Å². The Bertz CT molecular complexity index is 141. The van der Waals surface area contributed by atoms with Gasteiger partial charge in [-0.2, -0.15) is 5.10 Å².